The Labute approximate surface area is 296 Å². The van der Waals surface area contributed by atoms with Crippen molar-refractivity contribution >= 4 is 60.9 Å². The Hall–Kier alpha value is -6.84. The minimum Gasteiger partial charge on any atom is -0.454 e. The molecule has 0 fully saturated rings. The molecular formula is C48H32N2O. The van der Waals surface area contributed by atoms with E-state index < -0.39 is 0 Å². The van der Waals surface area contributed by atoms with Gasteiger partial charge in [-0.2, -0.15) is 0 Å². The second kappa shape index (κ2) is 12.9. The SMILES string of the molecule is N=C(N=C(/C=C/c1ccc(-c2ccc(-c3c4ccccc4cc4c3ccc3ccccc34)cc2)cc1)c1cc2ccccc2o1)c1ccccc1. The van der Waals surface area contributed by atoms with E-state index in [0.29, 0.717) is 11.5 Å². The summed E-state index contributed by atoms with van der Waals surface area (Å²) in [6.07, 6.45) is 3.95. The van der Waals surface area contributed by atoms with Crippen molar-refractivity contribution in [3.05, 3.63) is 199 Å². The van der Waals surface area contributed by atoms with E-state index in [4.69, 9.17) is 14.8 Å². The van der Waals surface area contributed by atoms with Crippen LogP contribution in [0.1, 0.15) is 16.9 Å². The van der Waals surface area contributed by atoms with Crippen LogP contribution in [-0.4, -0.2) is 11.5 Å². The standard InChI is InChI=1S/C48H32N2O/c49-48(37-11-2-1-3-12-37)50-44(46-31-39-14-6-9-17-45(39)51-46)29-20-32-18-21-33(22-19-32)34-23-25-36(26-24-34)47-41-16-8-5-13-38(41)30-43-40-15-7-4-10-35(40)27-28-42(43)47/h1-31,49H/b29-20+,49-48?,50-44?. The highest BCUT2D eigenvalue weighted by Gasteiger charge is 2.13. The Morgan fingerprint density at radius 1 is 0.490 bits per heavy atom. The molecule has 8 aromatic carbocycles. The summed E-state index contributed by atoms with van der Waals surface area (Å²) in [7, 11) is 0. The molecule has 0 amide bonds. The van der Waals surface area contributed by atoms with Crippen LogP contribution < -0.4 is 0 Å². The number of benzene rings is 8. The predicted octanol–water partition coefficient (Wildman–Crippen LogP) is 12.8. The molecule has 1 heterocycles. The maximum absolute atomic E-state index is 8.67. The van der Waals surface area contributed by atoms with E-state index >= 15 is 0 Å². The Morgan fingerprint density at radius 2 is 1.12 bits per heavy atom. The number of hydrogen-bond acceptors (Lipinski definition) is 2. The van der Waals surface area contributed by atoms with Crippen LogP contribution in [0.25, 0.3) is 71.6 Å². The minimum atomic E-state index is 0.180. The molecule has 1 aromatic heterocycles. The largest absolute Gasteiger partial charge is 0.454 e. The first kappa shape index (κ1) is 30.2. The molecule has 0 radical (unpaired) electrons. The van der Waals surface area contributed by atoms with Gasteiger partial charge in [0.1, 0.15) is 11.3 Å². The van der Waals surface area contributed by atoms with Crippen LogP contribution in [0.4, 0.5) is 0 Å². The molecule has 0 aliphatic heterocycles. The van der Waals surface area contributed by atoms with Gasteiger partial charge in [-0.25, -0.2) is 4.99 Å². The molecule has 9 rings (SSSR count). The normalized spacial score (nSPS) is 12.0. The van der Waals surface area contributed by atoms with Gasteiger partial charge in [-0.1, -0.05) is 164 Å². The number of para-hydroxylation sites is 1. The van der Waals surface area contributed by atoms with Gasteiger partial charge < -0.3 is 4.42 Å². The fourth-order valence-electron chi connectivity index (χ4n) is 6.99. The van der Waals surface area contributed by atoms with Crippen LogP contribution in [0.3, 0.4) is 0 Å². The second-order valence-corrected chi connectivity index (χ2v) is 12.7. The first-order chi connectivity index (χ1) is 25.2. The number of hydrogen-bond donors (Lipinski definition) is 1. The van der Waals surface area contributed by atoms with Crippen molar-refractivity contribution < 1.29 is 4.42 Å². The van der Waals surface area contributed by atoms with Crippen molar-refractivity contribution in [1.82, 2.24) is 0 Å². The van der Waals surface area contributed by atoms with Crippen LogP contribution in [-0.2, 0) is 0 Å². The smallest absolute Gasteiger partial charge is 0.153 e. The third-order valence-electron chi connectivity index (χ3n) is 9.58. The van der Waals surface area contributed by atoms with Crippen LogP contribution in [0.2, 0.25) is 0 Å². The van der Waals surface area contributed by atoms with Crippen molar-refractivity contribution in [2.24, 2.45) is 4.99 Å². The van der Waals surface area contributed by atoms with E-state index in [-0.39, 0.29) is 5.84 Å². The Kier molecular flexibility index (Phi) is 7.64. The second-order valence-electron chi connectivity index (χ2n) is 12.7. The van der Waals surface area contributed by atoms with Crippen LogP contribution in [0.5, 0.6) is 0 Å². The molecule has 0 aliphatic carbocycles. The summed E-state index contributed by atoms with van der Waals surface area (Å²) in [6, 6.07) is 61.1. The van der Waals surface area contributed by atoms with E-state index in [9.17, 15) is 0 Å². The van der Waals surface area contributed by atoms with Crippen molar-refractivity contribution in [2.45, 2.75) is 0 Å². The number of amidine groups is 1. The van der Waals surface area contributed by atoms with Crippen LogP contribution >= 0.6 is 0 Å². The van der Waals surface area contributed by atoms with Crippen molar-refractivity contribution in [2.75, 3.05) is 0 Å². The topological polar surface area (TPSA) is 49.4 Å². The summed E-state index contributed by atoms with van der Waals surface area (Å²) in [5.41, 5.74) is 7.93. The zero-order valence-corrected chi connectivity index (χ0v) is 27.8. The lowest BCUT2D eigenvalue weighted by Crippen LogP contribution is -2.02. The highest BCUT2D eigenvalue weighted by Crippen LogP contribution is 2.39. The van der Waals surface area contributed by atoms with E-state index in [1.807, 2.05) is 72.8 Å². The molecule has 1 N–H and O–H groups in total. The molecule has 3 heteroatoms. The number of rotatable bonds is 6. The lowest BCUT2D eigenvalue weighted by molar-refractivity contribution is 0.606. The van der Waals surface area contributed by atoms with Crippen molar-refractivity contribution in [1.29, 1.82) is 5.41 Å². The molecular weight excluding hydrogens is 621 g/mol. The summed E-state index contributed by atoms with van der Waals surface area (Å²) in [4.78, 5) is 4.70. The summed E-state index contributed by atoms with van der Waals surface area (Å²) < 4.78 is 6.16. The summed E-state index contributed by atoms with van der Waals surface area (Å²) in [6.45, 7) is 0. The maximum Gasteiger partial charge on any atom is 0.153 e. The van der Waals surface area contributed by atoms with Gasteiger partial charge in [0, 0.05) is 10.9 Å². The third kappa shape index (κ3) is 5.81. The fraction of sp³-hybridized carbons (Fsp3) is 0. The zero-order chi connectivity index (χ0) is 34.1. The average molecular weight is 653 g/mol. The first-order valence-electron chi connectivity index (χ1n) is 17.1. The summed E-state index contributed by atoms with van der Waals surface area (Å²) in [5.74, 6) is 0.802. The molecule has 51 heavy (non-hydrogen) atoms. The number of aliphatic imine (C=N–C) groups is 1. The van der Waals surface area contributed by atoms with Gasteiger partial charge in [0.15, 0.2) is 11.6 Å². The highest BCUT2D eigenvalue weighted by atomic mass is 16.3. The van der Waals surface area contributed by atoms with E-state index in [1.165, 1.54) is 43.4 Å². The molecule has 9 aromatic rings. The Bertz CT molecular complexity index is 2750. The number of furan rings is 1. The summed E-state index contributed by atoms with van der Waals surface area (Å²) >= 11 is 0. The molecule has 3 nitrogen and oxygen atoms in total. The predicted molar refractivity (Wildman–Crippen MR) is 215 cm³/mol. The first-order valence-corrected chi connectivity index (χ1v) is 17.1. The van der Waals surface area contributed by atoms with Gasteiger partial charge in [-0.15, -0.1) is 0 Å². The molecule has 0 aliphatic rings. The van der Waals surface area contributed by atoms with Crippen molar-refractivity contribution in [3.63, 3.8) is 0 Å². The van der Waals surface area contributed by atoms with Crippen molar-refractivity contribution in [3.8, 4) is 22.3 Å². The molecule has 0 saturated heterocycles. The van der Waals surface area contributed by atoms with Gasteiger partial charge in [0.25, 0.3) is 0 Å². The quantitative estimate of drug-likeness (QED) is 0.0826. The molecule has 0 saturated carbocycles. The average Bonchev–Trinajstić information content (AvgIpc) is 3.63. The number of fused-ring (bicyclic) bond motifs is 5. The lowest BCUT2D eigenvalue weighted by atomic mass is 9.89. The van der Waals surface area contributed by atoms with Crippen LogP contribution in [0.15, 0.2) is 191 Å². The molecule has 0 spiro atoms. The lowest BCUT2D eigenvalue weighted by Gasteiger charge is -2.14. The third-order valence-corrected chi connectivity index (χ3v) is 9.58. The van der Waals surface area contributed by atoms with E-state index in [2.05, 4.69) is 115 Å². The molecule has 0 atom stereocenters. The van der Waals surface area contributed by atoms with E-state index in [0.717, 1.165) is 33.2 Å². The number of nitrogens with one attached hydrogen (secondary N) is 1. The fourth-order valence-corrected chi connectivity index (χ4v) is 6.99. The van der Waals surface area contributed by atoms with Crippen LogP contribution in [0, 0.1) is 5.41 Å². The highest BCUT2D eigenvalue weighted by molar-refractivity contribution is 6.20. The monoisotopic (exact) mass is 652 g/mol. The Balaban J connectivity index is 1.03. The number of allylic oxidation sites excluding steroid dienone is 1. The van der Waals surface area contributed by atoms with Gasteiger partial charge in [-0.3, -0.25) is 5.41 Å². The molecule has 0 unspecified atom stereocenters. The van der Waals surface area contributed by atoms with Gasteiger partial charge in [-0.05, 0) is 84.4 Å². The van der Waals surface area contributed by atoms with Gasteiger partial charge in [0.05, 0.1) is 0 Å². The van der Waals surface area contributed by atoms with Gasteiger partial charge in [0.2, 0.25) is 0 Å². The molecule has 0 bridgehead atoms. The maximum atomic E-state index is 8.67. The van der Waals surface area contributed by atoms with E-state index in [1.54, 1.807) is 0 Å². The Morgan fingerprint density at radius 3 is 1.88 bits per heavy atom. The molecule has 240 valence electrons. The zero-order valence-electron chi connectivity index (χ0n) is 27.8. The van der Waals surface area contributed by atoms with Gasteiger partial charge >= 0.3 is 0 Å². The summed E-state index contributed by atoms with van der Waals surface area (Å²) in [5, 5.41) is 17.2. The number of nitrogens with zero attached hydrogens (tertiary/aromatic N) is 1. The minimum absolute atomic E-state index is 0.180.